The van der Waals surface area contributed by atoms with Crippen LogP contribution in [0.5, 0.6) is 0 Å². The Hall–Kier alpha value is -1.82. The molecule has 2 aromatic rings. The highest BCUT2D eigenvalue weighted by molar-refractivity contribution is 5.75. The van der Waals surface area contributed by atoms with E-state index in [0.29, 0.717) is 0 Å². The maximum Gasteiger partial charge on any atom is 0.114 e. The van der Waals surface area contributed by atoms with Crippen LogP contribution in [0.15, 0.2) is 18.2 Å². The second kappa shape index (κ2) is 2.10. The lowest BCUT2D eigenvalue weighted by Gasteiger charge is -1.86. The summed E-state index contributed by atoms with van der Waals surface area (Å²) in [6, 6.07) is 5.50. The Labute approximate surface area is 63.4 Å². The molecule has 0 spiro atoms. The number of H-pyrrole nitrogens is 1. The lowest BCUT2D eigenvalue weighted by Crippen LogP contribution is -1.73. The molecule has 52 valence electrons. The summed E-state index contributed by atoms with van der Waals surface area (Å²) in [4.78, 5) is 0. The van der Waals surface area contributed by atoms with Gasteiger partial charge in [-0.1, -0.05) is 5.92 Å². The topological polar surface area (TPSA) is 41.6 Å². The molecule has 1 aromatic heterocycles. The largest absolute Gasteiger partial charge is 0.197 e. The maximum absolute atomic E-state index is 5.20. The van der Waals surface area contributed by atoms with Crippen molar-refractivity contribution in [3.63, 3.8) is 0 Å². The average Bonchev–Trinajstić information content (AvgIpc) is 2.50. The Bertz CT molecular complexity index is 422. The van der Waals surface area contributed by atoms with Gasteiger partial charge in [0.05, 0.1) is 0 Å². The SMILES string of the molecule is C#Cc1ccc2n[nH]nc2c1. The van der Waals surface area contributed by atoms with E-state index in [1.165, 1.54) is 0 Å². The molecule has 11 heavy (non-hydrogen) atoms. The van der Waals surface area contributed by atoms with Gasteiger partial charge in [-0.25, -0.2) is 0 Å². The van der Waals surface area contributed by atoms with Crippen LogP contribution in [-0.4, -0.2) is 15.4 Å². The highest BCUT2D eigenvalue weighted by Gasteiger charge is 1.96. The first-order chi connectivity index (χ1) is 5.40. The standard InChI is InChI=1S/C8H5N3/c1-2-6-3-4-7-8(5-6)10-11-9-7/h1,3-5H,(H,9,10,11). The maximum atomic E-state index is 5.20. The summed E-state index contributed by atoms with van der Waals surface area (Å²) < 4.78 is 0. The van der Waals surface area contributed by atoms with Crippen molar-refractivity contribution in [3.05, 3.63) is 23.8 Å². The molecule has 0 amide bonds. The molecule has 0 atom stereocenters. The minimum atomic E-state index is 0.806. The Morgan fingerprint density at radius 1 is 1.27 bits per heavy atom. The summed E-state index contributed by atoms with van der Waals surface area (Å²) in [6.07, 6.45) is 5.20. The van der Waals surface area contributed by atoms with Gasteiger partial charge in [-0.05, 0) is 18.2 Å². The van der Waals surface area contributed by atoms with E-state index in [9.17, 15) is 0 Å². The molecule has 3 nitrogen and oxygen atoms in total. The van der Waals surface area contributed by atoms with Crippen molar-refractivity contribution in [1.82, 2.24) is 15.4 Å². The molecule has 1 aromatic carbocycles. The quantitative estimate of drug-likeness (QED) is 0.557. The second-order valence-corrected chi connectivity index (χ2v) is 2.17. The van der Waals surface area contributed by atoms with Gasteiger partial charge in [-0.3, -0.25) is 0 Å². The Morgan fingerprint density at radius 3 is 2.91 bits per heavy atom. The summed E-state index contributed by atoms with van der Waals surface area (Å²) in [5.74, 6) is 2.53. The minimum absolute atomic E-state index is 0.806. The predicted octanol–water partition coefficient (Wildman–Crippen LogP) is 0.939. The summed E-state index contributed by atoms with van der Waals surface area (Å²) in [5.41, 5.74) is 2.47. The first kappa shape index (κ1) is 5.93. The normalized spacial score (nSPS) is 9.73. The molecule has 1 N–H and O–H groups in total. The first-order valence-electron chi connectivity index (χ1n) is 3.17. The monoisotopic (exact) mass is 143 g/mol. The number of benzene rings is 1. The molecule has 0 aliphatic rings. The van der Waals surface area contributed by atoms with Gasteiger partial charge >= 0.3 is 0 Å². The van der Waals surface area contributed by atoms with Crippen LogP contribution in [0.4, 0.5) is 0 Å². The smallest absolute Gasteiger partial charge is 0.114 e. The zero-order valence-electron chi connectivity index (χ0n) is 5.70. The van der Waals surface area contributed by atoms with Crippen LogP contribution in [0.25, 0.3) is 11.0 Å². The zero-order chi connectivity index (χ0) is 7.68. The van der Waals surface area contributed by atoms with Crippen LogP contribution in [0.2, 0.25) is 0 Å². The first-order valence-corrected chi connectivity index (χ1v) is 3.17. The van der Waals surface area contributed by atoms with Crippen LogP contribution in [0.3, 0.4) is 0 Å². The molecule has 0 fully saturated rings. The Morgan fingerprint density at radius 2 is 2.09 bits per heavy atom. The summed E-state index contributed by atoms with van der Waals surface area (Å²) in [7, 11) is 0. The van der Waals surface area contributed by atoms with Gasteiger partial charge in [0.25, 0.3) is 0 Å². The van der Waals surface area contributed by atoms with Gasteiger partial charge in [-0.2, -0.15) is 15.4 Å². The van der Waals surface area contributed by atoms with Crippen LogP contribution in [-0.2, 0) is 0 Å². The molecule has 2 rings (SSSR count). The van der Waals surface area contributed by atoms with Gasteiger partial charge in [-0.15, -0.1) is 6.42 Å². The van der Waals surface area contributed by atoms with Gasteiger partial charge in [0.2, 0.25) is 0 Å². The third-order valence-electron chi connectivity index (χ3n) is 1.48. The van der Waals surface area contributed by atoms with E-state index in [2.05, 4.69) is 21.3 Å². The van der Waals surface area contributed by atoms with Crippen LogP contribution >= 0.6 is 0 Å². The predicted molar refractivity (Wildman–Crippen MR) is 41.8 cm³/mol. The molecule has 1 heterocycles. The van der Waals surface area contributed by atoms with E-state index in [1.54, 1.807) is 0 Å². The third kappa shape index (κ3) is 0.849. The highest BCUT2D eigenvalue weighted by atomic mass is 15.3. The van der Waals surface area contributed by atoms with E-state index in [4.69, 9.17) is 6.42 Å². The number of fused-ring (bicyclic) bond motifs is 1. The van der Waals surface area contributed by atoms with E-state index in [-0.39, 0.29) is 0 Å². The van der Waals surface area contributed by atoms with Crippen molar-refractivity contribution < 1.29 is 0 Å². The molecular formula is C8H5N3. The van der Waals surface area contributed by atoms with Gasteiger partial charge in [0, 0.05) is 5.56 Å². The molecule has 3 heteroatoms. The van der Waals surface area contributed by atoms with Crippen LogP contribution < -0.4 is 0 Å². The van der Waals surface area contributed by atoms with Crippen molar-refractivity contribution in [3.8, 4) is 12.3 Å². The molecule has 0 saturated carbocycles. The lowest BCUT2D eigenvalue weighted by molar-refractivity contribution is 0.959. The molecule has 0 aliphatic carbocycles. The number of aromatic nitrogens is 3. The number of terminal acetylenes is 1. The van der Waals surface area contributed by atoms with Crippen molar-refractivity contribution in [1.29, 1.82) is 0 Å². The summed E-state index contributed by atoms with van der Waals surface area (Å²) >= 11 is 0. The second-order valence-electron chi connectivity index (χ2n) is 2.17. The lowest BCUT2D eigenvalue weighted by atomic mass is 10.2. The summed E-state index contributed by atoms with van der Waals surface area (Å²) in [5, 5.41) is 10.3. The van der Waals surface area contributed by atoms with Gasteiger partial charge in [0.1, 0.15) is 11.0 Å². The third-order valence-corrected chi connectivity index (χ3v) is 1.48. The molecule has 0 saturated heterocycles. The van der Waals surface area contributed by atoms with Crippen molar-refractivity contribution >= 4 is 11.0 Å². The van der Waals surface area contributed by atoms with Gasteiger partial charge in [0.15, 0.2) is 0 Å². The fourth-order valence-corrected chi connectivity index (χ4v) is 0.930. The molecule has 0 bridgehead atoms. The summed E-state index contributed by atoms with van der Waals surface area (Å²) in [6.45, 7) is 0. The molecule has 0 aliphatic heterocycles. The fraction of sp³-hybridized carbons (Fsp3) is 0. The number of hydrogen-bond acceptors (Lipinski definition) is 2. The Balaban J connectivity index is 2.79. The van der Waals surface area contributed by atoms with E-state index in [1.807, 2.05) is 18.2 Å². The number of aromatic amines is 1. The van der Waals surface area contributed by atoms with Crippen molar-refractivity contribution in [2.45, 2.75) is 0 Å². The molecular weight excluding hydrogens is 138 g/mol. The molecule has 0 unspecified atom stereocenters. The Kier molecular flexibility index (Phi) is 1.13. The van der Waals surface area contributed by atoms with Crippen molar-refractivity contribution in [2.75, 3.05) is 0 Å². The van der Waals surface area contributed by atoms with Crippen LogP contribution in [0.1, 0.15) is 5.56 Å². The zero-order valence-corrected chi connectivity index (χ0v) is 5.70. The van der Waals surface area contributed by atoms with E-state index < -0.39 is 0 Å². The average molecular weight is 143 g/mol. The molecule has 0 radical (unpaired) electrons. The van der Waals surface area contributed by atoms with Gasteiger partial charge < -0.3 is 0 Å². The fourth-order valence-electron chi connectivity index (χ4n) is 0.930. The number of nitrogens with one attached hydrogen (secondary N) is 1. The number of hydrogen-bond donors (Lipinski definition) is 1. The van der Waals surface area contributed by atoms with E-state index >= 15 is 0 Å². The number of rotatable bonds is 0. The highest BCUT2D eigenvalue weighted by Crippen LogP contribution is 2.08. The van der Waals surface area contributed by atoms with Crippen LogP contribution in [0, 0.1) is 12.3 Å². The van der Waals surface area contributed by atoms with Crippen molar-refractivity contribution in [2.24, 2.45) is 0 Å². The van der Waals surface area contributed by atoms with E-state index in [0.717, 1.165) is 16.6 Å². The number of nitrogens with zero attached hydrogens (tertiary/aromatic N) is 2. The minimum Gasteiger partial charge on any atom is -0.197 e.